The number of rotatable bonds is 3. The molecule has 1 aromatic heterocycles. The van der Waals surface area contributed by atoms with Gasteiger partial charge in [-0.05, 0) is 31.5 Å². The van der Waals surface area contributed by atoms with Crippen molar-refractivity contribution >= 4 is 16.6 Å². The maximum atomic E-state index is 5.95. The van der Waals surface area contributed by atoms with Crippen molar-refractivity contribution in [2.75, 3.05) is 32.0 Å². The lowest BCUT2D eigenvalue weighted by atomic mass is 10.1. The van der Waals surface area contributed by atoms with Crippen LogP contribution in [-0.2, 0) is 11.3 Å². The molecule has 0 unspecified atom stereocenters. The Balaban J connectivity index is 1.97. The third-order valence-corrected chi connectivity index (χ3v) is 3.99. The summed E-state index contributed by atoms with van der Waals surface area (Å²) in [5.41, 5.74) is 9.40. The fourth-order valence-electron chi connectivity index (χ4n) is 2.89. The molecule has 4 nitrogen and oxygen atoms in total. The third-order valence-electron chi connectivity index (χ3n) is 3.99. The number of nitrogens with two attached hydrogens (primary N) is 1. The molecule has 4 heteroatoms. The van der Waals surface area contributed by atoms with Gasteiger partial charge in [-0.2, -0.15) is 0 Å². The van der Waals surface area contributed by atoms with Crippen molar-refractivity contribution in [2.45, 2.75) is 26.4 Å². The Labute approximate surface area is 120 Å². The van der Waals surface area contributed by atoms with E-state index in [9.17, 15) is 0 Å². The highest BCUT2D eigenvalue weighted by atomic mass is 16.5. The number of anilines is 1. The SMILES string of the molecule is CC(C)n1cc(CN2CCOCC2)c2ccc(N)cc21. The minimum absolute atomic E-state index is 0.442. The highest BCUT2D eigenvalue weighted by Crippen LogP contribution is 2.27. The summed E-state index contributed by atoms with van der Waals surface area (Å²) in [5.74, 6) is 0. The van der Waals surface area contributed by atoms with E-state index in [1.165, 1.54) is 16.5 Å². The summed E-state index contributed by atoms with van der Waals surface area (Å²) in [6.45, 7) is 9.13. The molecule has 1 aliphatic rings. The van der Waals surface area contributed by atoms with Crippen LogP contribution in [0.15, 0.2) is 24.4 Å². The standard InChI is InChI=1S/C16H23N3O/c1-12(2)19-11-13(10-18-5-7-20-8-6-18)15-4-3-14(17)9-16(15)19/h3-4,9,11-12H,5-8,10,17H2,1-2H3. The molecule has 2 N–H and O–H groups in total. The predicted molar refractivity (Wildman–Crippen MR) is 82.8 cm³/mol. The minimum atomic E-state index is 0.442. The van der Waals surface area contributed by atoms with E-state index in [0.29, 0.717) is 6.04 Å². The summed E-state index contributed by atoms with van der Waals surface area (Å²) in [6.07, 6.45) is 2.28. The summed E-state index contributed by atoms with van der Waals surface area (Å²) in [4.78, 5) is 2.46. The molecule has 20 heavy (non-hydrogen) atoms. The quantitative estimate of drug-likeness (QED) is 0.874. The zero-order valence-corrected chi connectivity index (χ0v) is 12.3. The number of hydrogen-bond acceptors (Lipinski definition) is 3. The van der Waals surface area contributed by atoms with E-state index in [1.807, 2.05) is 6.07 Å². The number of nitrogens with zero attached hydrogens (tertiary/aromatic N) is 2. The van der Waals surface area contributed by atoms with Crippen LogP contribution in [0.3, 0.4) is 0 Å². The Kier molecular flexibility index (Phi) is 3.68. The molecule has 2 aromatic rings. The van der Waals surface area contributed by atoms with Crippen molar-refractivity contribution in [2.24, 2.45) is 0 Å². The Hall–Kier alpha value is -1.52. The maximum Gasteiger partial charge on any atom is 0.0594 e. The normalized spacial score (nSPS) is 17.1. The number of morpholine rings is 1. The van der Waals surface area contributed by atoms with Crippen LogP contribution < -0.4 is 5.73 Å². The highest BCUT2D eigenvalue weighted by molar-refractivity contribution is 5.86. The minimum Gasteiger partial charge on any atom is -0.399 e. The Morgan fingerprint density at radius 2 is 2.00 bits per heavy atom. The summed E-state index contributed by atoms with van der Waals surface area (Å²) < 4.78 is 7.74. The van der Waals surface area contributed by atoms with E-state index in [1.54, 1.807) is 0 Å². The van der Waals surface area contributed by atoms with Gasteiger partial charge >= 0.3 is 0 Å². The lowest BCUT2D eigenvalue weighted by molar-refractivity contribution is 0.0343. The Bertz CT molecular complexity index is 597. The molecule has 0 spiro atoms. The van der Waals surface area contributed by atoms with Crippen molar-refractivity contribution in [3.05, 3.63) is 30.0 Å². The van der Waals surface area contributed by atoms with Crippen LogP contribution in [0.4, 0.5) is 5.69 Å². The Morgan fingerprint density at radius 3 is 2.70 bits per heavy atom. The number of ether oxygens (including phenoxy) is 1. The molecule has 1 aliphatic heterocycles. The van der Waals surface area contributed by atoms with Crippen LogP contribution in [-0.4, -0.2) is 35.8 Å². The van der Waals surface area contributed by atoms with Crippen molar-refractivity contribution in [1.29, 1.82) is 0 Å². The smallest absolute Gasteiger partial charge is 0.0594 e. The summed E-state index contributed by atoms with van der Waals surface area (Å²) >= 11 is 0. The number of aromatic nitrogens is 1. The van der Waals surface area contributed by atoms with Gasteiger partial charge in [-0.1, -0.05) is 6.07 Å². The number of hydrogen-bond donors (Lipinski definition) is 1. The van der Waals surface area contributed by atoms with Gasteiger partial charge in [-0.25, -0.2) is 0 Å². The van der Waals surface area contributed by atoms with Crippen LogP contribution in [0.1, 0.15) is 25.5 Å². The van der Waals surface area contributed by atoms with Gasteiger partial charge < -0.3 is 15.0 Å². The first-order chi connectivity index (χ1) is 9.65. The first-order valence-electron chi connectivity index (χ1n) is 7.34. The van der Waals surface area contributed by atoms with Gasteiger partial charge in [-0.15, -0.1) is 0 Å². The molecule has 1 saturated heterocycles. The van der Waals surface area contributed by atoms with Crippen molar-refractivity contribution in [3.8, 4) is 0 Å². The van der Waals surface area contributed by atoms with E-state index < -0.39 is 0 Å². The second kappa shape index (κ2) is 5.46. The molecule has 0 bridgehead atoms. The van der Waals surface area contributed by atoms with E-state index in [0.717, 1.165) is 38.5 Å². The second-order valence-electron chi connectivity index (χ2n) is 5.82. The van der Waals surface area contributed by atoms with E-state index in [4.69, 9.17) is 10.5 Å². The molecule has 0 radical (unpaired) electrons. The topological polar surface area (TPSA) is 43.4 Å². The fraction of sp³-hybridized carbons (Fsp3) is 0.500. The van der Waals surface area contributed by atoms with Gasteiger partial charge in [0.15, 0.2) is 0 Å². The van der Waals surface area contributed by atoms with E-state index in [2.05, 4.69) is 41.6 Å². The lowest BCUT2D eigenvalue weighted by Gasteiger charge is -2.26. The first-order valence-corrected chi connectivity index (χ1v) is 7.34. The van der Waals surface area contributed by atoms with Gasteiger partial charge in [0, 0.05) is 42.9 Å². The van der Waals surface area contributed by atoms with Gasteiger partial charge in [0.1, 0.15) is 0 Å². The first kappa shape index (κ1) is 13.5. The van der Waals surface area contributed by atoms with Crippen molar-refractivity contribution < 1.29 is 4.74 Å². The molecule has 3 rings (SSSR count). The zero-order valence-electron chi connectivity index (χ0n) is 12.3. The highest BCUT2D eigenvalue weighted by Gasteiger charge is 2.15. The Morgan fingerprint density at radius 1 is 1.25 bits per heavy atom. The average molecular weight is 273 g/mol. The number of nitrogen functional groups attached to an aromatic ring is 1. The third kappa shape index (κ3) is 2.53. The molecular weight excluding hydrogens is 250 g/mol. The maximum absolute atomic E-state index is 5.95. The summed E-state index contributed by atoms with van der Waals surface area (Å²) in [7, 11) is 0. The molecule has 2 heterocycles. The number of fused-ring (bicyclic) bond motifs is 1. The monoisotopic (exact) mass is 273 g/mol. The molecule has 108 valence electrons. The van der Waals surface area contributed by atoms with E-state index >= 15 is 0 Å². The summed E-state index contributed by atoms with van der Waals surface area (Å²) in [5, 5.41) is 1.32. The van der Waals surface area contributed by atoms with Crippen LogP contribution in [0.25, 0.3) is 10.9 Å². The average Bonchev–Trinajstić information content (AvgIpc) is 2.78. The molecule has 0 amide bonds. The van der Waals surface area contributed by atoms with Gasteiger partial charge in [-0.3, -0.25) is 4.90 Å². The molecule has 0 aliphatic carbocycles. The van der Waals surface area contributed by atoms with Crippen LogP contribution >= 0.6 is 0 Å². The van der Waals surface area contributed by atoms with Gasteiger partial charge in [0.05, 0.1) is 18.7 Å². The lowest BCUT2D eigenvalue weighted by Crippen LogP contribution is -2.35. The van der Waals surface area contributed by atoms with Crippen LogP contribution in [0.2, 0.25) is 0 Å². The predicted octanol–water partition coefficient (Wildman–Crippen LogP) is 2.64. The molecule has 1 aromatic carbocycles. The van der Waals surface area contributed by atoms with Crippen molar-refractivity contribution in [1.82, 2.24) is 9.47 Å². The zero-order chi connectivity index (χ0) is 14.1. The van der Waals surface area contributed by atoms with E-state index in [-0.39, 0.29) is 0 Å². The molecule has 1 fully saturated rings. The largest absolute Gasteiger partial charge is 0.399 e. The fourth-order valence-corrected chi connectivity index (χ4v) is 2.89. The van der Waals surface area contributed by atoms with Gasteiger partial charge in [0.25, 0.3) is 0 Å². The second-order valence-corrected chi connectivity index (χ2v) is 5.82. The molecular formula is C16H23N3O. The van der Waals surface area contributed by atoms with Crippen LogP contribution in [0.5, 0.6) is 0 Å². The summed E-state index contributed by atoms with van der Waals surface area (Å²) in [6, 6.07) is 6.67. The van der Waals surface area contributed by atoms with Crippen LogP contribution in [0, 0.1) is 0 Å². The van der Waals surface area contributed by atoms with Crippen molar-refractivity contribution in [3.63, 3.8) is 0 Å². The molecule has 0 saturated carbocycles. The van der Waals surface area contributed by atoms with Gasteiger partial charge in [0.2, 0.25) is 0 Å². The molecule has 0 atom stereocenters. The number of benzene rings is 1.